The number of aryl methyl sites for hydroxylation is 2. The molecule has 2 nitrogen and oxygen atoms in total. The van der Waals surface area contributed by atoms with E-state index in [2.05, 4.69) is 47.7 Å². The van der Waals surface area contributed by atoms with Gasteiger partial charge in [0.25, 0.3) is 0 Å². The summed E-state index contributed by atoms with van der Waals surface area (Å²) in [6.07, 6.45) is 0. The lowest BCUT2D eigenvalue weighted by atomic mass is 10.0. The zero-order chi connectivity index (χ0) is 15.7. The molecule has 0 unspecified atom stereocenters. The maximum absolute atomic E-state index is 6.01. The zero-order valence-corrected chi connectivity index (χ0v) is 14.5. The Balaban J connectivity index is 1.89. The van der Waals surface area contributed by atoms with Crippen molar-refractivity contribution in [3.8, 4) is 11.3 Å². The molecule has 0 aliphatic carbocycles. The molecule has 1 N–H and O–H groups in total. The van der Waals surface area contributed by atoms with E-state index in [1.807, 2.05) is 12.1 Å². The Morgan fingerprint density at radius 2 is 1.73 bits per heavy atom. The van der Waals surface area contributed by atoms with E-state index >= 15 is 0 Å². The molecule has 3 rings (SSSR count). The van der Waals surface area contributed by atoms with Crippen LogP contribution in [0.4, 0.5) is 10.8 Å². The van der Waals surface area contributed by atoms with Gasteiger partial charge in [0.15, 0.2) is 5.13 Å². The van der Waals surface area contributed by atoms with Crippen LogP contribution in [0.5, 0.6) is 0 Å². The first-order valence-electron chi connectivity index (χ1n) is 6.77. The van der Waals surface area contributed by atoms with E-state index in [0.717, 1.165) is 22.1 Å². The molecule has 0 radical (unpaired) electrons. The summed E-state index contributed by atoms with van der Waals surface area (Å²) in [5, 5.41) is 7.31. The van der Waals surface area contributed by atoms with E-state index in [4.69, 9.17) is 23.2 Å². The molecule has 0 amide bonds. The average molecular weight is 349 g/mol. The highest BCUT2D eigenvalue weighted by molar-refractivity contribution is 7.14. The second-order valence-electron chi connectivity index (χ2n) is 5.14. The van der Waals surface area contributed by atoms with E-state index in [0.29, 0.717) is 10.0 Å². The molecule has 0 bridgehead atoms. The molecule has 1 heterocycles. The summed E-state index contributed by atoms with van der Waals surface area (Å²) in [4.78, 5) is 4.66. The number of nitrogens with one attached hydrogen (secondary N) is 1. The van der Waals surface area contributed by atoms with Gasteiger partial charge in [-0.05, 0) is 43.7 Å². The van der Waals surface area contributed by atoms with Crippen LogP contribution in [-0.4, -0.2) is 4.98 Å². The number of aromatic nitrogens is 1. The minimum absolute atomic E-state index is 0.598. The lowest BCUT2D eigenvalue weighted by Crippen LogP contribution is -1.90. The molecule has 0 spiro atoms. The van der Waals surface area contributed by atoms with Crippen molar-refractivity contribution in [1.82, 2.24) is 4.98 Å². The number of anilines is 2. The molecule has 1 aromatic heterocycles. The third kappa shape index (κ3) is 3.43. The molecular formula is C17H14Cl2N2S. The van der Waals surface area contributed by atoms with Gasteiger partial charge >= 0.3 is 0 Å². The van der Waals surface area contributed by atoms with Gasteiger partial charge in [-0.3, -0.25) is 0 Å². The molecule has 0 saturated heterocycles. The predicted molar refractivity (Wildman–Crippen MR) is 96.8 cm³/mol. The van der Waals surface area contributed by atoms with Gasteiger partial charge in [0.2, 0.25) is 0 Å². The second kappa shape index (κ2) is 6.29. The van der Waals surface area contributed by atoms with E-state index in [9.17, 15) is 0 Å². The van der Waals surface area contributed by atoms with Gasteiger partial charge < -0.3 is 5.32 Å². The fraction of sp³-hybridized carbons (Fsp3) is 0.118. The summed E-state index contributed by atoms with van der Waals surface area (Å²) in [6, 6.07) is 11.7. The minimum atomic E-state index is 0.598. The van der Waals surface area contributed by atoms with E-state index in [1.54, 1.807) is 17.4 Å². The van der Waals surface area contributed by atoms with Crippen LogP contribution >= 0.6 is 34.5 Å². The van der Waals surface area contributed by atoms with E-state index in [-0.39, 0.29) is 0 Å². The minimum Gasteiger partial charge on any atom is -0.331 e. The first-order valence-corrected chi connectivity index (χ1v) is 8.41. The second-order valence-corrected chi connectivity index (χ2v) is 6.87. The highest BCUT2D eigenvalue weighted by Gasteiger charge is 2.08. The predicted octanol–water partition coefficient (Wildman–Crippen LogP) is 6.48. The molecular weight excluding hydrogens is 335 g/mol. The van der Waals surface area contributed by atoms with Crippen molar-refractivity contribution in [1.29, 1.82) is 0 Å². The Morgan fingerprint density at radius 3 is 2.45 bits per heavy atom. The fourth-order valence-corrected chi connectivity index (χ4v) is 3.47. The van der Waals surface area contributed by atoms with Crippen LogP contribution < -0.4 is 5.32 Å². The molecule has 112 valence electrons. The summed E-state index contributed by atoms with van der Waals surface area (Å²) in [7, 11) is 0. The maximum atomic E-state index is 6.01. The van der Waals surface area contributed by atoms with Crippen molar-refractivity contribution in [2.24, 2.45) is 0 Å². The van der Waals surface area contributed by atoms with Gasteiger partial charge in [-0.1, -0.05) is 40.9 Å². The number of nitrogens with zero attached hydrogens (tertiary/aromatic N) is 1. The standard InChI is InChI=1S/C17H14Cl2N2S/c1-10-3-4-11(2)15(5-10)16-9-22-17(21-16)20-14-7-12(18)6-13(19)8-14/h3-9H,1-2H3,(H,20,21). The Kier molecular flexibility index (Phi) is 4.39. The third-order valence-corrected chi connectivity index (χ3v) is 4.48. The number of benzene rings is 2. The SMILES string of the molecule is Cc1ccc(C)c(-c2csc(Nc3cc(Cl)cc(Cl)c3)n2)c1. The van der Waals surface area contributed by atoms with Crippen molar-refractivity contribution in [3.05, 3.63) is 63.0 Å². The Hall–Kier alpha value is -1.55. The van der Waals surface area contributed by atoms with Crippen LogP contribution in [0.1, 0.15) is 11.1 Å². The molecule has 3 aromatic rings. The number of rotatable bonds is 3. The van der Waals surface area contributed by atoms with Gasteiger partial charge in [-0.15, -0.1) is 11.3 Å². The van der Waals surface area contributed by atoms with E-state index < -0.39 is 0 Å². The highest BCUT2D eigenvalue weighted by Crippen LogP contribution is 2.31. The molecule has 0 aliphatic heterocycles. The smallest absolute Gasteiger partial charge is 0.187 e. The quantitative estimate of drug-likeness (QED) is 0.585. The first-order chi connectivity index (χ1) is 10.5. The van der Waals surface area contributed by atoms with Crippen LogP contribution in [0.3, 0.4) is 0 Å². The van der Waals surface area contributed by atoms with E-state index in [1.165, 1.54) is 11.1 Å². The van der Waals surface area contributed by atoms with Crippen molar-refractivity contribution < 1.29 is 0 Å². The largest absolute Gasteiger partial charge is 0.331 e. The van der Waals surface area contributed by atoms with Gasteiger partial charge in [0.1, 0.15) is 0 Å². The number of thiazole rings is 1. The summed E-state index contributed by atoms with van der Waals surface area (Å²) >= 11 is 13.6. The third-order valence-electron chi connectivity index (χ3n) is 3.29. The molecule has 22 heavy (non-hydrogen) atoms. The number of hydrogen-bond donors (Lipinski definition) is 1. The van der Waals surface area contributed by atoms with Crippen LogP contribution in [0.2, 0.25) is 10.0 Å². The van der Waals surface area contributed by atoms with Crippen molar-refractivity contribution in [2.45, 2.75) is 13.8 Å². The first kappa shape index (κ1) is 15.3. The van der Waals surface area contributed by atoms with Crippen molar-refractivity contribution in [2.75, 3.05) is 5.32 Å². The molecule has 2 aromatic carbocycles. The van der Waals surface area contributed by atoms with Gasteiger partial charge in [-0.2, -0.15) is 0 Å². The molecule has 0 saturated carbocycles. The zero-order valence-electron chi connectivity index (χ0n) is 12.2. The lowest BCUT2D eigenvalue weighted by molar-refractivity contribution is 1.33. The Bertz CT molecular complexity index is 807. The summed E-state index contributed by atoms with van der Waals surface area (Å²) in [5.41, 5.74) is 5.41. The fourth-order valence-electron chi connectivity index (χ4n) is 2.22. The lowest BCUT2D eigenvalue weighted by Gasteiger charge is -2.05. The summed E-state index contributed by atoms with van der Waals surface area (Å²) in [6.45, 7) is 4.18. The van der Waals surface area contributed by atoms with Crippen LogP contribution in [-0.2, 0) is 0 Å². The van der Waals surface area contributed by atoms with Crippen molar-refractivity contribution >= 4 is 45.4 Å². The normalized spacial score (nSPS) is 10.7. The van der Waals surface area contributed by atoms with Crippen LogP contribution in [0.25, 0.3) is 11.3 Å². The van der Waals surface area contributed by atoms with Crippen LogP contribution in [0, 0.1) is 13.8 Å². The van der Waals surface area contributed by atoms with Gasteiger partial charge in [0.05, 0.1) is 5.69 Å². The molecule has 0 atom stereocenters. The maximum Gasteiger partial charge on any atom is 0.187 e. The monoisotopic (exact) mass is 348 g/mol. The number of halogens is 2. The summed E-state index contributed by atoms with van der Waals surface area (Å²) < 4.78 is 0. The molecule has 0 aliphatic rings. The molecule has 0 fully saturated rings. The Morgan fingerprint density at radius 1 is 1.00 bits per heavy atom. The topological polar surface area (TPSA) is 24.9 Å². The number of hydrogen-bond acceptors (Lipinski definition) is 3. The van der Waals surface area contributed by atoms with Crippen LogP contribution in [0.15, 0.2) is 41.8 Å². The summed E-state index contributed by atoms with van der Waals surface area (Å²) in [5.74, 6) is 0. The average Bonchev–Trinajstić information content (AvgIpc) is 2.88. The van der Waals surface area contributed by atoms with Gasteiger partial charge in [0, 0.05) is 26.7 Å². The van der Waals surface area contributed by atoms with Gasteiger partial charge in [-0.25, -0.2) is 4.98 Å². The highest BCUT2D eigenvalue weighted by atomic mass is 35.5. The Labute approximate surface area is 143 Å². The van der Waals surface area contributed by atoms with Crippen molar-refractivity contribution in [3.63, 3.8) is 0 Å². The molecule has 5 heteroatoms.